The highest BCUT2D eigenvalue weighted by Crippen LogP contribution is 2.29. The molecule has 0 aliphatic carbocycles. The number of aliphatic hydroxyl groups is 1. The normalized spacial score (nSPS) is 17.6. The van der Waals surface area contributed by atoms with Crippen molar-refractivity contribution < 1.29 is 28.9 Å². The largest absolute Gasteiger partial charge is 0.496 e. The van der Waals surface area contributed by atoms with Crippen LogP contribution in [0.1, 0.15) is 40.9 Å². The number of aliphatic hydroxyl groups excluding tert-OH is 1. The zero-order valence-electron chi connectivity index (χ0n) is 21.2. The van der Waals surface area contributed by atoms with Crippen molar-refractivity contribution in [3.8, 4) is 17.3 Å². The van der Waals surface area contributed by atoms with Crippen molar-refractivity contribution in [3.05, 3.63) is 47.0 Å². The number of carbonyl (C=O) groups is 2. The summed E-state index contributed by atoms with van der Waals surface area (Å²) in [5.41, 5.74) is 2.61. The molecule has 0 saturated carbocycles. The van der Waals surface area contributed by atoms with Crippen molar-refractivity contribution in [3.63, 3.8) is 0 Å². The van der Waals surface area contributed by atoms with Gasteiger partial charge in [-0.3, -0.25) is 4.79 Å². The number of amides is 2. The predicted molar refractivity (Wildman–Crippen MR) is 134 cm³/mol. The molecular weight excluding hydrogens is 494 g/mol. The molecule has 3 aromatic rings. The molecule has 2 atom stereocenters. The van der Waals surface area contributed by atoms with Crippen molar-refractivity contribution in [1.29, 1.82) is 0 Å². The fraction of sp³-hybridized carbons (Fsp3) is 0.440. The zero-order valence-corrected chi connectivity index (χ0v) is 21.2. The molecule has 2 amide bonds. The first-order chi connectivity index (χ1) is 18.5. The van der Waals surface area contributed by atoms with Crippen molar-refractivity contribution in [1.82, 2.24) is 30.1 Å². The number of tetrazole rings is 1. The number of hydrogen-bond acceptors (Lipinski definition) is 10. The number of pyridine rings is 1. The van der Waals surface area contributed by atoms with Gasteiger partial charge in [-0.1, -0.05) is 6.07 Å². The summed E-state index contributed by atoms with van der Waals surface area (Å²) in [5, 5.41) is 23.9. The lowest BCUT2D eigenvalue weighted by molar-refractivity contribution is 0.0516. The summed E-state index contributed by atoms with van der Waals surface area (Å²) in [5.74, 6) is 0.672. The first-order valence-corrected chi connectivity index (χ1v) is 12.4. The monoisotopic (exact) mass is 523 g/mol. The SMILES string of the molecule is COc1cc2c(cc1C(=O)Nc1cccc(-c3nnnn3[C@H](C)CO)n1)CN(C(=O)OC1CCOC1)CC2. The Labute approximate surface area is 218 Å². The summed E-state index contributed by atoms with van der Waals surface area (Å²) in [6.07, 6.45) is 0.712. The molecule has 13 nitrogen and oxygen atoms in total. The number of aromatic nitrogens is 5. The standard InChI is InChI=1S/C25H29N7O6/c1-15(13-33)32-23(28-29-30-32)20-4-3-5-22(26-20)27-24(34)19-10-17-12-31(8-6-16(17)11-21(19)36-2)25(35)38-18-7-9-37-14-18/h3-5,10-11,15,18,33H,6-9,12-14H2,1-2H3,(H,26,27,34)/t15-,18?/m1/s1. The molecule has 1 saturated heterocycles. The molecular formula is C25H29N7O6. The third-order valence-electron chi connectivity index (χ3n) is 6.59. The van der Waals surface area contributed by atoms with E-state index in [1.54, 1.807) is 36.1 Å². The molecule has 4 heterocycles. The Morgan fingerprint density at radius 3 is 2.92 bits per heavy atom. The lowest BCUT2D eigenvalue weighted by atomic mass is 9.96. The molecule has 2 aromatic heterocycles. The van der Waals surface area contributed by atoms with Crippen LogP contribution in [-0.4, -0.2) is 86.8 Å². The van der Waals surface area contributed by atoms with Crippen LogP contribution in [0.2, 0.25) is 0 Å². The molecule has 13 heteroatoms. The third-order valence-corrected chi connectivity index (χ3v) is 6.59. The van der Waals surface area contributed by atoms with Gasteiger partial charge in [0.2, 0.25) is 5.82 Å². The predicted octanol–water partition coefficient (Wildman–Crippen LogP) is 1.83. The van der Waals surface area contributed by atoms with Gasteiger partial charge in [0.1, 0.15) is 23.4 Å². The molecule has 0 spiro atoms. The number of rotatable bonds is 7. The topological polar surface area (TPSA) is 154 Å². The van der Waals surface area contributed by atoms with Crippen LogP contribution < -0.4 is 10.1 Å². The first-order valence-electron chi connectivity index (χ1n) is 12.4. The number of benzene rings is 1. The molecule has 1 aromatic carbocycles. The maximum atomic E-state index is 13.3. The van der Waals surface area contributed by atoms with Gasteiger partial charge in [-0.25, -0.2) is 14.5 Å². The second kappa shape index (κ2) is 11.1. The van der Waals surface area contributed by atoms with Crippen LogP contribution in [0.5, 0.6) is 5.75 Å². The first kappa shape index (κ1) is 25.5. The average Bonchev–Trinajstić information content (AvgIpc) is 3.64. The number of hydrogen-bond donors (Lipinski definition) is 2. The second-order valence-electron chi connectivity index (χ2n) is 9.20. The zero-order chi connectivity index (χ0) is 26.6. The smallest absolute Gasteiger partial charge is 0.410 e. The van der Waals surface area contributed by atoms with Gasteiger partial charge in [0.05, 0.1) is 38.5 Å². The average molecular weight is 524 g/mol. The fourth-order valence-corrected chi connectivity index (χ4v) is 4.46. The van der Waals surface area contributed by atoms with Gasteiger partial charge in [0.25, 0.3) is 5.91 Å². The summed E-state index contributed by atoms with van der Waals surface area (Å²) in [7, 11) is 1.51. The molecule has 0 radical (unpaired) electrons. The number of ether oxygens (including phenoxy) is 3. The van der Waals surface area contributed by atoms with E-state index in [0.717, 1.165) is 11.1 Å². The van der Waals surface area contributed by atoms with Gasteiger partial charge in [-0.05, 0) is 59.2 Å². The van der Waals surface area contributed by atoms with E-state index in [-0.39, 0.29) is 24.8 Å². The summed E-state index contributed by atoms with van der Waals surface area (Å²) in [6, 6.07) is 8.33. The van der Waals surface area contributed by atoms with Gasteiger partial charge < -0.3 is 29.5 Å². The van der Waals surface area contributed by atoms with Crippen molar-refractivity contribution in [2.24, 2.45) is 0 Å². The van der Waals surface area contributed by atoms with Crippen LogP contribution in [0.25, 0.3) is 11.5 Å². The highest BCUT2D eigenvalue weighted by molar-refractivity contribution is 6.06. The quantitative estimate of drug-likeness (QED) is 0.469. The minimum atomic E-state index is -0.416. The van der Waals surface area contributed by atoms with E-state index in [0.29, 0.717) is 67.8 Å². The van der Waals surface area contributed by atoms with Crippen LogP contribution in [0.3, 0.4) is 0 Å². The van der Waals surface area contributed by atoms with E-state index in [1.807, 2.05) is 6.07 Å². The fourth-order valence-electron chi connectivity index (χ4n) is 4.46. The molecule has 2 N–H and O–H groups in total. The summed E-state index contributed by atoms with van der Waals surface area (Å²) < 4.78 is 17.8. The van der Waals surface area contributed by atoms with E-state index in [9.17, 15) is 14.7 Å². The third kappa shape index (κ3) is 5.29. The van der Waals surface area contributed by atoms with Crippen molar-refractivity contribution >= 4 is 17.8 Å². The molecule has 2 aliphatic rings. The molecule has 1 fully saturated rings. The van der Waals surface area contributed by atoms with Gasteiger partial charge in [0, 0.05) is 19.5 Å². The molecule has 38 heavy (non-hydrogen) atoms. The van der Waals surface area contributed by atoms with E-state index in [2.05, 4.69) is 25.8 Å². The van der Waals surface area contributed by atoms with E-state index >= 15 is 0 Å². The van der Waals surface area contributed by atoms with Crippen LogP contribution in [0.4, 0.5) is 10.6 Å². The number of anilines is 1. The van der Waals surface area contributed by atoms with Gasteiger partial charge >= 0.3 is 6.09 Å². The Kier molecular flexibility index (Phi) is 7.47. The molecule has 1 unspecified atom stereocenters. The van der Waals surface area contributed by atoms with Crippen LogP contribution in [0.15, 0.2) is 30.3 Å². The summed E-state index contributed by atoms with van der Waals surface area (Å²) in [4.78, 5) is 32.1. The Morgan fingerprint density at radius 1 is 1.29 bits per heavy atom. The van der Waals surface area contributed by atoms with Crippen LogP contribution in [0, 0.1) is 0 Å². The molecule has 0 bridgehead atoms. The Bertz CT molecular complexity index is 1320. The number of carbonyl (C=O) groups excluding carboxylic acids is 2. The molecule has 200 valence electrons. The Hall–Kier alpha value is -4.10. The Balaban J connectivity index is 1.34. The highest BCUT2D eigenvalue weighted by atomic mass is 16.6. The summed E-state index contributed by atoms with van der Waals surface area (Å²) >= 11 is 0. The van der Waals surface area contributed by atoms with E-state index in [1.165, 1.54) is 11.8 Å². The van der Waals surface area contributed by atoms with Crippen molar-refractivity contribution in [2.45, 2.75) is 38.5 Å². The molecule has 2 aliphatic heterocycles. The minimum absolute atomic E-state index is 0.142. The number of nitrogens with zero attached hydrogens (tertiary/aromatic N) is 6. The van der Waals surface area contributed by atoms with Gasteiger partial charge in [-0.15, -0.1) is 5.10 Å². The Morgan fingerprint density at radius 2 is 2.16 bits per heavy atom. The van der Waals surface area contributed by atoms with Gasteiger partial charge in [-0.2, -0.15) is 0 Å². The highest BCUT2D eigenvalue weighted by Gasteiger charge is 2.28. The lowest BCUT2D eigenvalue weighted by Crippen LogP contribution is -2.38. The van der Waals surface area contributed by atoms with E-state index < -0.39 is 5.91 Å². The van der Waals surface area contributed by atoms with Crippen molar-refractivity contribution in [2.75, 3.05) is 38.8 Å². The number of fused-ring (bicyclic) bond motifs is 1. The lowest BCUT2D eigenvalue weighted by Gasteiger charge is -2.29. The maximum absolute atomic E-state index is 13.3. The minimum Gasteiger partial charge on any atom is -0.496 e. The second-order valence-corrected chi connectivity index (χ2v) is 9.20. The summed E-state index contributed by atoms with van der Waals surface area (Å²) in [6.45, 7) is 3.48. The maximum Gasteiger partial charge on any atom is 0.410 e. The number of nitrogens with one attached hydrogen (secondary N) is 1. The van der Waals surface area contributed by atoms with Gasteiger partial charge in [0.15, 0.2) is 0 Å². The molecule has 5 rings (SSSR count). The number of methoxy groups -OCH3 is 1. The van der Waals surface area contributed by atoms with Crippen LogP contribution >= 0.6 is 0 Å². The van der Waals surface area contributed by atoms with Crippen LogP contribution in [-0.2, 0) is 22.4 Å². The van der Waals surface area contributed by atoms with E-state index in [4.69, 9.17) is 14.2 Å².